The predicted octanol–water partition coefficient (Wildman–Crippen LogP) is 2.49. The zero-order chi connectivity index (χ0) is 13.8. The van der Waals surface area contributed by atoms with E-state index < -0.39 is 0 Å². The standard InChI is InChI=1S/C17H32N2O/c20-17-9-3-1-2-6-15(17)14-18-10-12-19(13-11-18)16-7-4-5-8-16/h15-17,20H,1-14H2. The number of nitrogens with zero attached hydrogens (tertiary/aromatic N) is 2. The van der Waals surface area contributed by atoms with E-state index in [0.717, 1.165) is 19.0 Å². The fourth-order valence-corrected chi connectivity index (χ4v) is 4.49. The van der Waals surface area contributed by atoms with Crippen molar-refractivity contribution < 1.29 is 5.11 Å². The molecule has 0 aromatic carbocycles. The molecular formula is C17H32N2O. The molecule has 116 valence electrons. The van der Waals surface area contributed by atoms with Gasteiger partial charge in [0.15, 0.2) is 0 Å². The molecule has 0 bridgehead atoms. The molecular weight excluding hydrogens is 248 g/mol. The minimum atomic E-state index is -0.0367. The molecule has 0 spiro atoms. The minimum Gasteiger partial charge on any atom is -0.393 e. The summed E-state index contributed by atoms with van der Waals surface area (Å²) in [4.78, 5) is 5.34. The Hall–Kier alpha value is -0.120. The van der Waals surface area contributed by atoms with Crippen LogP contribution < -0.4 is 0 Å². The molecule has 2 aliphatic carbocycles. The van der Waals surface area contributed by atoms with E-state index in [0.29, 0.717) is 5.92 Å². The first kappa shape index (κ1) is 14.8. The van der Waals surface area contributed by atoms with Crippen LogP contribution in [0, 0.1) is 5.92 Å². The SMILES string of the molecule is OC1CCCCCC1CN1CCN(C2CCCC2)CC1. The maximum Gasteiger partial charge on any atom is 0.0580 e. The Morgan fingerprint density at radius 3 is 2.15 bits per heavy atom. The molecule has 2 saturated carbocycles. The number of aliphatic hydroxyl groups excluding tert-OH is 1. The van der Waals surface area contributed by atoms with E-state index in [1.807, 2.05) is 0 Å². The Labute approximate surface area is 124 Å². The van der Waals surface area contributed by atoms with Gasteiger partial charge < -0.3 is 10.0 Å². The molecule has 2 atom stereocenters. The third-order valence-corrected chi connectivity index (χ3v) is 5.86. The van der Waals surface area contributed by atoms with Crippen molar-refractivity contribution in [3.05, 3.63) is 0 Å². The highest BCUT2D eigenvalue weighted by Gasteiger charge is 2.29. The summed E-state index contributed by atoms with van der Waals surface area (Å²) in [5.74, 6) is 0.538. The topological polar surface area (TPSA) is 26.7 Å². The molecule has 1 N–H and O–H groups in total. The summed E-state index contributed by atoms with van der Waals surface area (Å²) in [5.41, 5.74) is 0. The molecule has 1 heterocycles. The Morgan fingerprint density at radius 2 is 1.40 bits per heavy atom. The Balaban J connectivity index is 1.43. The van der Waals surface area contributed by atoms with Gasteiger partial charge in [0.1, 0.15) is 0 Å². The summed E-state index contributed by atoms with van der Waals surface area (Å²) in [6, 6.07) is 0.889. The zero-order valence-corrected chi connectivity index (χ0v) is 13.0. The van der Waals surface area contributed by atoms with Crippen molar-refractivity contribution in [2.75, 3.05) is 32.7 Å². The van der Waals surface area contributed by atoms with Crippen molar-refractivity contribution >= 4 is 0 Å². The van der Waals surface area contributed by atoms with E-state index in [2.05, 4.69) is 9.80 Å². The van der Waals surface area contributed by atoms with Crippen LogP contribution in [0.25, 0.3) is 0 Å². The zero-order valence-electron chi connectivity index (χ0n) is 13.0. The second-order valence-corrected chi connectivity index (χ2v) is 7.24. The van der Waals surface area contributed by atoms with Crippen molar-refractivity contribution in [3.8, 4) is 0 Å². The fraction of sp³-hybridized carbons (Fsp3) is 1.00. The number of hydrogen-bond donors (Lipinski definition) is 1. The van der Waals surface area contributed by atoms with E-state index in [4.69, 9.17) is 0 Å². The molecule has 0 aromatic rings. The van der Waals surface area contributed by atoms with E-state index in [-0.39, 0.29) is 6.10 Å². The monoisotopic (exact) mass is 280 g/mol. The Bertz CT molecular complexity index is 283. The van der Waals surface area contributed by atoms with Crippen LogP contribution in [0.4, 0.5) is 0 Å². The van der Waals surface area contributed by atoms with Crippen molar-refractivity contribution in [1.29, 1.82) is 0 Å². The van der Waals surface area contributed by atoms with Crippen molar-refractivity contribution in [1.82, 2.24) is 9.80 Å². The van der Waals surface area contributed by atoms with Crippen LogP contribution in [-0.4, -0.2) is 59.8 Å². The Kier molecular flexibility index (Phi) is 5.36. The second kappa shape index (κ2) is 7.24. The van der Waals surface area contributed by atoms with E-state index in [9.17, 15) is 5.11 Å². The lowest BCUT2D eigenvalue weighted by Crippen LogP contribution is -2.51. The highest BCUT2D eigenvalue weighted by atomic mass is 16.3. The van der Waals surface area contributed by atoms with Crippen LogP contribution in [0.1, 0.15) is 57.8 Å². The lowest BCUT2D eigenvalue weighted by molar-refractivity contribution is 0.0446. The van der Waals surface area contributed by atoms with Gasteiger partial charge in [0.2, 0.25) is 0 Å². The molecule has 3 aliphatic rings. The minimum absolute atomic E-state index is 0.0367. The maximum atomic E-state index is 10.3. The molecule has 3 rings (SSSR count). The van der Waals surface area contributed by atoms with Gasteiger partial charge in [-0.05, 0) is 31.6 Å². The van der Waals surface area contributed by atoms with Gasteiger partial charge in [0, 0.05) is 38.8 Å². The van der Waals surface area contributed by atoms with E-state index >= 15 is 0 Å². The first-order valence-corrected chi connectivity index (χ1v) is 8.97. The molecule has 0 amide bonds. The second-order valence-electron chi connectivity index (χ2n) is 7.24. The lowest BCUT2D eigenvalue weighted by atomic mass is 9.96. The lowest BCUT2D eigenvalue weighted by Gasteiger charge is -2.39. The van der Waals surface area contributed by atoms with Crippen molar-refractivity contribution in [2.24, 2.45) is 5.92 Å². The van der Waals surface area contributed by atoms with Gasteiger partial charge in [0.25, 0.3) is 0 Å². The highest BCUT2D eigenvalue weighted by Crippen LogP contribution is 2.26. The molecule has 1 saturated heterocycles. The van der Waals surface area contributed by atoms with Gasteiger partial charge >= 0.3 is 0 Å². The van der Waals surface area contributed by atoms with Crippen LogP contribution in [0.15, 0.2) is 0 Å². The molecule has 3 heteroatoms. The van der Waals surface area contributed by atoms with Crippen LogP contribution >= 0.6 is 0 Å². The van der Waals surface area contributed by atoms with Gasteiger partial charge in [-0.25, -0.2) is 0 Å². The van der Waals surface area contributed by atoms with Gasteiger partial charge in [-0.3, -0.25) is 4.90 Å². The van der Waals surface area contributed by atoms with Crippen LogP contribution in [0.2, 0.25) is 0 Å². The summed E-state index contributed by atoms with van der Waals surface area (Å²) in [5, 5.41) is 10.3. The van der Waals surface area contributed by atoms with Crippen molar-refractivity contribution in [2.45, 2.75) is 69.9 Å². The third kappa shape index (κ3) is 3.75. The summed E-state index contributed by atoms with van der Waals surface area (Å²) in [6.07, 6.45) is 11.9. The molecule has 20 heavy (non-hydrogen) atoms. The van der Waals surface area contributed by atoms with E-state index in [1.165, 1.54) is 77.5 Å². The summed E-state index contributed by atoms with van der Waals surface area (Å²) >= 11 is 0. The molecule has 0 radical (unpaired) electrons. The molecule has 3 fully saturated rings. The summed E-state index contributed by atoms with van der Waals surface area (Å²) < 4.78 is 0. The predicted molar refractivity (Wildman–Crippen MR) is 82.9 cm³/mol. The largest absolute Gasteiger partial charge is 0.393 e. The fourth-order valence-electron chi connectivity index (χ4n) is 4.49. The average Bonchev–Trinajstić information content (AvgIpc) is 2.93. The average molecular weight is 280 g/mol. The van der Waals surface area contributed by atoms with Gasteiger partial charge in [-0.15, -0.1) is 0 Å². The normalized spacial score (nSPS) is 35.2. The van der Waals surface area contributed by atoms with Gasteiger partial charge in [0.05, 0.1) is 6.10 Å². The van der Waals surface area contributed by atoms with Crippen LogP contribution in [0.5, 0.6) is 0 Å². The number of piperazine rings is 1. The Morgan fingerprint density at radius 1 is 0.750 bits per heavy atom. The quantitative estimate of drug-likeness (QED) is 0.805. The summed E-state index contributed by atoms with van der Waals surface area (Å²) in [7, 11) is 0. The van der Waals surface area contributed by atoms with Crippen molar-refractivity contribution in [3.63, 3.8) is 0 Å². The third-order valence-electron chi connectivity index (χ3n) is 5.86. The molecule has 1 aliphatic heterocycles. The smallest absolute Gasteiger partial charge is 0.0580 e. The number of aliphatic hydroxyl groups is 1. The van der Waals surface area contributed by atoms with Crippen LogP contribution in [0.3, 0.4) is 0 Å². The van der Waals surface area contributed by atoms with Crippen LogP contribution in [-0.2, 0) is 0 Å². The molecule has 3 nitrogen and oxygen atoms in total. The van der Waals surface area contributed by atoms with E-state index in [1.54, 1.807) is 0 Å². The number of hydrogen-bond acceptors (Lipinski definition) is 3. The number of rotatable bonds is 3. The maximum absolute atomic E-state index is 10.3. The highest BCUT2D eigenvalue weighted by molar-refractivity contribution is 4.84. The molecule has 2 unspecified atom stereocenters. The van der Waals surface area contributed by atoms with Gasteiger partial charge in [-0.1, -0.05) is 32.1 Å². The summed E-state index contributed by atoms with van der Waals surface area (Å²) in [6.45, 7) is 6.10. The van der Waals surface area contributed by atoms with Gasteiger partial charge in [-0.2, -0.15) is 0 Å². The first-order chi connectivity index (χ1) is 9.83. The first-order valence-electron chi connectivity index (χ1n) is 8.97. The molecule has 0 aromatic heterocycles.